The van der Waals surface area contributed by atoms with Crippen molar-refractivity contribution in [2.75, 3.05) is 17.8 Å². The maximum Gasteiger partial charge on any atom is 0.251 e. The average molecular weight is 527 g/mol. The molecule has 5 heteroatoms. The lowest BCUT2D eigenvalue weighted by atomic mass is 9.89. The van der Waals surface area contributed by atoms with Gasteiger partial charge in [-0.3, -0.25) is 4.79 Å². The van der Waals surface area contributed by atoms with Crippen LogP contribution in [0.1, 0.15) is 90.8 Å². The molecule has 0 aromatic heterocycles. The van der Waals surface area contributed by atoms with E-state index in [0.29, 0.717) is 18.2 Å². The van der Waals surface area contributed by atoms with Crippen molar-refractivity contribution in [3.8, 4) is 5.75 Å². The Morgan fingerprint density at radius 2 is 1.61 bits per heavy atom. The Bertz CT molecular complexity index is 1260. The number of nitrogens with one attached hydrogen (secondary N) is 1. The van der Waals surface area contributed by atoms with Crippen molar-refractivity contribution in [3.05, 3.63) is 82.9 Å². The molecule has 1 N–H and O–H groups in total. The van der Waals surface area contributed by atoms with Gasteiger partial charge in [-0.05, 0) is 122 Å². The lowest BCUT2D eigenvalue weighted by molar-refractivity contribution is 0.0950. The second-order valence-corrected chi connectivity index (χ2v) is 12.3. The summed E-state index contributed by atoms with van der Waals surface area (Å²) in [6.07, 6.45) is 8.89. The lowest BCUT2D eigenvalue weighted by Crippen LogP contribution is -2.37. The molecule has 3 saturated carbocycles. The highest BCUT2D eigenvalue weighted by atomic mass is 32.2. The van der Waals surface area contributed by atoms with Gasteiger partial charge in [0.2, 0.25) is 0 Å². The number of ether oxygens (including phenoxy) is 1. The highest BCUT2D eigenvalue weighted by molar-refractivity contribution is 7.99. The molecule has 0 unspecified atom stereocenters. The SMILES string of the molecule is CCSc1ccc(CNC(=O)c2ccc(N(c3cc(C4CC4)cc(C4CC4)c3)C3CCC3)c(OC)c2)cc1. The van der Waals surface area contributed by atoms with Crippen LogP contribution >= 0.6 is 11.8 Å². The van der Waals surface area contributed by atoms with E-state index in [9.17, 15) is 4.79 Å². The van der Waals surface area contributed by atoms with Crippen LogP contribution < -0.4 is 15.0 Å². The number of thioether (sulfide) groups is 1. The van der Waals surface area contributed by atoms with Crippen LogP contribution in [0.3, 0.4) is 0 Å². The third-order valence-electron chi connectivity index (χ3n) is 8.17. The maximum atomic E-state index is 13.1. The van der Waals surface area contributed by atoms with Crippen molar-refractivity contribution in [2.24, 2.45) is 0 Å². The molecule has 3 aliphatic rings. The van der Waals surface area contributed by atoms with Gasteiger partial charge < -0.3 is 15.0 Å². The molecule has 0 bridgehead atoms. The van der Waals surface area contributed by atoms with E-state index in [0.717, 1.165) is 34.6 Å². The van der Waals surface area contributed by atoms with Gasteiger partial charge in [0.15, 0.2) is 0 Å². The van der Waals surface area contributed by atoms with E-state index in [1.54, 1.807) is 7.11 Å². The van der Waals surface area contributed by atoms with Crippen LogP contribution in [0, 0.1) is 0 Å². The van der Waals surface area contributed by atoms with Crippen molar-refractivity contribution >= 4 is 29.0 Å². The zero-order valence-corrected chi connectivity index (χ0v) is 23.4. The molecule has 3 aromatic carbocycles. The summed E-state index contributed by atoms with van der Waals surface area (Å²) in [5, 5.41) is 3.08. The smallest absolute Gasteiger partial charge is 0.251 e. The number of rotatable bonds is 11. The van der Waals surface area contributed by atoms with Crippen LogP contribution in [0.25, 0.3) is 0 Å². The molecular weight excluding hydrogens is 488 g/mol. The van der Waals surface area contributed by atoms with Gasteiger partial charge in [0.1, 0.15) is 5.75 Å². The Morgan fingerprint density at radius 3 is 2.16 bits per heavy atom. The van der Waals surface area contributed by atoms with E-state index in [4.69, 9.17) is 4.74 Å². The van der Waals surface area contributed by atoms with E-state index >= 15 is 0 Å². The summed E-state index contributed by atoms with van der Waals surface area (Å²) in [6, 6.07) is 22.1. The molecule has 0 saturated heterocycles. The highest BCUT2D eigenvalue weighted by Crippen LogP contribution is 2.49. The van der Waals surface area contributed by atoms with E-state index in [1.807, 2.05) is 23.9 Å². The Labute approximate surface area is 231 Å². The quantitative estimate of drug-likeness (QED) is 0.256. The van der Waals surface area contributed by atoms with Gasteiger partial charge in [0, 0.05) is 28.7 Å². The number of carbonyl (C=O) groups is 1. The number of amides is 1. The summed E-state index contributed by atoms with van der Waals surface area (Å²) in [6.45, 7) is 2.66. The molecule has 198 valence electrons. The number of carbonyl (C=O) groups excluding carboxylic acids is 1. The van der Waals surface area contributed by atoms with E-state index < -0.39 is 0 Å². The van der Waals surface area contributed by atoms with Crippen LogP contribution in [-0.2, 0) is 6.54 Å². The Balaban J connectivity index is 1.24. The zero-order valence-electron chi connectivity index (χ0n) is 22.5. The molecule has 3 aromatic rings. The van der Waals surface area contributed by atoms with Crippen LogP contribution in [0.2, 0.25) is 0 Å². The van der Waals surface area contributed by atoms with Crippen molar-refractivity contribution < 1.29 is 9.53 Å². The summed E-state index contributed by atoms with van der Waals surface area (Å²) in [5.74, 6) is 3.19. The van der Waals surface area contributed by atoms with Crippen LogP contribution in [0.5, 0.6) is 5.75 Å². The number of anilines is 2. The summed E-state index contributed by atoms with van der Waals surface area (Å²) >= 11 is 1.82. The number of nitrogens with zero attached hydrogens (tertiary/aromatic N) is 1. The van der Waals surface area contributed by atoms with Gasteiger partial charge in [-0.15, -0.1) is 11.8 Å². The fourth-order valence-electron chi connectivity index (χ4n) is 5.47. The van der Waals surface area contributed by atoms with Gasteiger partial charge >= 0.3 is 0 Å². The largest absolute Gasteiger partial charge is 0.495 e. The first kappa shape index (κ1) is 25.4. The van der Waals surface area contributed by atoms with Gasteiger partial charge in [-0.1, -0.05) is 25.1 Å². The molecule has 0 atom stereocenters. The Hall–Kier alpha value is -2.92. The summed E-state index contributed by atoms with van der Waals surface area (Å²) < 4.78 is 5.91. The molecule has 3 aliphatic carbocycles. The third-order valence-corrected chi connectivity index (χ3v) is 9.06. The minimum Gasteiger partial charge on any atom is -0.495 e. The predicted octanol–water partition coefficient (Wildman–Crippen LogP) is 8.18. The second kappa shape index (κ2) is 11.1. The number of benzene rings is 3. The van der Waals surface area contributed by atoms with Gasteiger partial charge in [0.05, 0.1) is 12.8 Å². The van der Waals surface area contributed by atoms with Crippen molar-refractivity contribution in [1.29, 1.82) is 0 Å². The zero-order chi connectivity index (χ0) is 26.1. The summed E-state index contributed by atoms with van der Waals surface area (Å²) in [5.41, 5.74) is 7.09. The fraction of sp³-hybridized carbons (Fsp3) is 0.424. The van der Waals surface area contributed by atoms with Crippen molar-refractivity contribution in [1.82, 2.24) is 5.32 Å². The second-order valence-electron chi connectivity index (χ2n) is 11.0. The van der Waals surface area contributed by atoms with Crippen LogP contribution in [-0.4, -0.2) is 24.8 Å². The number of hydrogen-bond donors (Lipinski definition) is 1. The first-order valence-electron chi connectivity index (χ1n) is 14.2. The first-order chi connectivity index (χ1) is 18.6. The normalized spacial score (nSPS) is 17.1. The highest BCUT2D eigenvalue weighted by Gasteiger charge is 2.33. The van der Waals surface area contributed by atoms with E-state index in [1.165, 1.54) is 66.7 Å². The molecule has 0 spiro atoms. The average Bonchev–Trinajstić information content (AvgIpc) is 3.83. The summed E-state index contributed by atoms with van der Waals surface area (Å²) in [4.78, 5) is 16.8. The Morgan fingerprint density at radius 1 is 0.921 bits per heavy atom. The molecule has 3 fully saturated rings. The molecular formula is C33H38N2O2S. The van der Waals surface area contributed by atoms with E-state index in [2.05, 4.69) is 65.7 Å². The molecule has 38 heavy (non-hydrogen) atoms. The fourth-order valence-corrected chi connectivity index (χ4v) is 6.13. The predicted molar refractivity (Wildman–Crippen MR) is 157 cm³/mol. The van der Waals surface area contributed by atoms with Crippen LogP contribution in [0.4, 0.5) is 11.4 Å². The molecule has 4 nitrogen and oxygen atoms in total. The molecule has 6 rings (SSSR count). The van der Waals surface area contributed by atoms with Gasteiger partial charge in [0.25, 0.3) is 5.91 Å². The summed E-state index contributed by atoms with van der Waals surface area (Å²) in [7, 11) is 1.71. The van der Waals surface area contributed by atoms with Gasteiger partial charge in [-0.2, -0.15) is 0 Å². The monoisotopic (exact) mass is 526 g/mol. The van der Waals surface area contributed by atoms with Crippen molar-refractivity contribution in [2.45, 2.75) is 81.2 Å². The van der Waals surface area contributed by atoms with Crippen molar-refractivity contribution in [3.63, 3.8) is 0 Å². The third kappa shape index (κ3) is 5.58. The minimum atomic E-state index is -0.0798. The van der Waals surface area contributed by atoms with E-state index in [-0.39, 0.29) is 5.91 Å². The topological polar surface area (TPSA) is 41.6 Å². The maximum absolute atomic E-state index is 13.1. The Kier molecular flexibility index (Phi) is 7.38. The first-order valence-corrected chi connectivity index (χ1v) is 15.2. The molecule has 0 aliphatic heterocycles. The molecule has 0 radical (unpaired) electrons. The standard InChI is InChI=1S/C33H38N2O2S/c1-3-38-30-14-7-22(8-15-30)21-34-33(36)25-13-16-31(32(20-25)37-2)35(28-5-4-6-28)29-18-26(23-9-10-23)17-27(19-29)24-11-12-24/h7-8,13-20,23-24,28H,3-6,9-12,21H2,1-2H3,(H,34,36). The molecule has 1 amide bonds. The van der Waals surface area contributed by atoms with Gasteiger partial charge in [-0.25, -0.2) is 0 Å². The number of methoxy groups -OCH3 is 1. The minimum absolute atomic E-state index is 0.0798. The lowest BCUT2D eigenvalue weighted by Gasteiger charge is -2.40. The number of hydrogen-bond acceptors (Lipinski definition) is 4. The van der Waals surface area contributed by atoms with Crippen LogP contribution in [0.15, 0.2) is 65.6 Å². The molecule has 0 heterocycles.